The molecule has 44 heavy (non-hydrogen) atoms. The number of rotatable bonds is 14. The number of alkyl carbamates (subject to hydrolysis) is 1. The highest BCUT2D eigenvalue weighted by molar-refractivity contribution is 5.94. The van der Waals surface area contributed by atoms with Gasteiger partial charge in [-0.2, -0.15) is 0 Å². The average molecular weight is 621 g/mol. The van der Waals surface area contributed by atoms with Gasteiger partial charge in [-0.15, -0.1) is 10.1 Å². The van der Waals surface area contributed by atoms with Crippen LogP contribution in [-0.2, 0) is 28.6 Å². The number of hydrogen-bond acceptors (Lipinski definition) is 14. The molecule has 0 fully saturated rings. The van der Waals surface area contributed by atoms with Crippen LogP contribution in [0.4, 0.5) is 4.79 Å². The van der Waals surface area contributed by atoms with Crippen LogP contribution >= 0.6 is 0 Å². The Morgan fingerprint density at radius 1 is 0.909 bits per heavy atom. The fraction of sp³-hybridized carbons (Fsp3) is 0.393. The van der Waals surface area contributed by atoms with Crippen molar-refractivity contribution in [2.45, 2.75) is 52.7 Å². The summed E-state index contributed by atoms with van der Waals surface area (Å²) < 4.78 is 30.9. The van der Waals surface area contributed by atoms with Crippen LogP contribution in [0.1, 0.15) is 61.8 Å². The Morgan fingerprint density at radius 2 is 1.59 bits per heavy atom. The van der Waals surface area contributed by atoms with Crippen molar-refractivity contribution < 1.29 is 62.3 Å². The molecule has 0 saturated heterocycles. The van der Waals surface area contributed by atoms with E-state index in [0.29, 0.717) is 0 Å². The molecular formula is C28H32N2O14. The van der Waals surface area contributed by atoms with Gasteiger partial charge < -0.3 is 38.6 Å². The van der Waals surface area contributed by atoms with Crippen LogP contribution in [-0.4, -0.2) is 66.7 Å². The number of carbonyl (C=O) groups is 5. The molecule has 2 aromatic rings. The minimum atomic E-state index is -1.18. The zero-order valence-corrected chi connectivity index (χ0v) is 24.6. The van der Waals surface area contributed by atoms with Gasteiger partial charge in [0.1, 0.15) is 23.0 Å². The third-order valence-electron chi connectivity index (χ3n) is 4.96. The van der Waals surface area contributed by atoms with E-state index >= 15 is 0 Å². The Hall–Kier alpha value is -5.41. The molecule has 0 aliphatic heterocycles. The van der Waals surface area contributed by atoms with Gasteiger partial charge in [-0.05, 0) is 58.0 Å². The number of esters is 4. The molecule has 0 bridgehead atoms. The van der Waals surface area contributed by atoms with Gasteiger partial charge in [0.15, 0.2) is 11.5 Å². The first-order valence-electron chi connectivity index (χ1n) is 13.0. The van der Waals surface area contributed by atoms with E-state index in [1.807, 2.05) is 0 Å². The molecule has 0 radical (unpaired) electrons. The number of ether oxygens (including phenoxy) is 6. The first kappa shape index (κ1) is 34.8. The Kier molecular flexibility index (Phi) is 12.9. The summed E-state index contributed by atoms with van der Waals surface area (Å²) in [4.78, 5) is 75.7. The van der Waals surface area contributed by atoms with Gasteiger partial charge in [-0.3, -0.25) is 4.79 Å². The normalized spacial score (nSPS) is 11.3. The lowest BCUT2D eigenvalue weighted by Crippen LogP contribution is -2.43. The van der Waals surface area contributed by atoms with Gasteiger partial charge in [0.05, 0.1) is 18.8 Å². The minimum absolute atomic E-state index is 0.0195. The Labute approximate surface area is 251 Å². The third-order valence-corrected chi connectivity index (χ3v) is 4.96. The Bertz CT molecular complexity index is 1370. The highest BCUT2D eigenvalue weighted by Gasteiger charge is 2.24. The number of amides is 1. The molecule has 1 N–H and O–H groups in total. The van der Waals surface area contributed by atoms with Crippen LogP contribution in [0.2, 0.25) is 0 Å². The van der Waals surface area contributed by atoms with Crippen LogP contribution in [0.15, 0.2) is 42.5 Å². The van der Waals surface area contributed by atoms with Crippen molar-refractivity contribution in [1.82, 2.24) is 5.32 Å². The summed E-state index contributed by atoms with van der Waals surface area (Å²) >= 11 is 0. The molecule has 2 aromatic carbocycles. The van der Waals surface area contributed by atoms with E-state index in [-0.39, 0.29) is 48.0 Å². The molecule has 0 aliphatic carbocycles. The smallest absolute Gasteiger partial charge is 0.408 e. The predicted molar refractivity (Wildman–Crippen MR) is 147 cm³/mol. The monoisotopic (exact) mass is 620 g/mol. The van der Waals surface area contributed by atoms with Crippen LogP contribution in [0, 0.1) is 10.1 Å². The largest absolute Gasteiger partial charge is 0.490 e. The van der Waals surface area contributed by atoms with E-state index in [1.54, 1.807) is 26.8 Å². The first-order chi connectivity index (χ1) is 20.7. The summed E-state index contributed by atoms with van der Waals surface area (Å²) in [6, 6.07) is 8.27. The predicted octanol–water partition coefficient (Wildman–Crippen LogP) is 3.38. The lowest BCUT2D eigenvalue weighted by molar-refractivity contribution is -0.757. The summed E-state index contributed by atoms with van der Waals surface area (Å²) in [5.41, 5.74) is -1.03. The summed E-state index contributed by atoms with van der Waals surface area (Å²) in [6.45, 7) is 6.28. The maximum Gasteiger partial charge on any atom is 0.408 e. The van der Waals surface area contributed by atoms with Gasteiger partial charge in [-0.1, -0.05) is 12.1 Å². The lowest BCUT2D eigenvalue weighted by atomic mass is 10.2. The molecule has 0 spiro atoms. The number of nitrogens with one attached hydrogen (secondary N) is 1. The molecule has 238 valence electrons. The summed E-state index contributed by atoms with van der Waals surface area (Å²) in [7, 11) is 0. The van der Waals surface area contributed by atoms with Crippen LogP contribution < -0.4 is 19.5 Å². The molecule has 1 unspecified atom stereocenters. The van der Waals surface area contributed by atoms with Gasteiger partial charge >= 0.3 is 30.0 Å². The van der Waals surface area contributed by atoms with Gasteiger partial charge in [0.25, 0.3) is 5.09 Å². The number of carbonyl (C=O) groups excluding carboxylic acids is 5. The van der Waals surface area contributed by atoms with Gasteiger partial charge in [0, 0.05) is 13.3 Å². The third kappa shape index (κ3) is 12.2. The molecule has 1 amide bonds. The molecule has 2 rings (SSSR count). The second kappa shape index (κ2) is 16.3. The van der Waals surface area contributed by atoms with E-state index in [1.165, 1.54) is 37.3 Å². The van der Waals surface area contributed by atoms with Crippen molar-refractivity contribution in [2.24, 2.45) is 0 Å². The number of benzene rings is 2. The average Bonchev–Trinajstić information content (AvgIpc) is 2.92. The standard InChI is InChI=1S/C28H32N2O14/c1-17(29-27(35)44-28(3,4)5)24(32)43-23-15-19(11-12-22(23)38-13-8-14-41-30(36)37)25(33)39-16-40-26(34)20-9-6-7-10-21(20)42-18(2)31/h6-7,9-12,15,17H,8,13-14,16H2,1-5H3,(H,29,35). The highest BCUT2D eigenvalue weighted by Crippen LogP contribution is 2.29. The molecule has 0 aromatic heterocycles. The van der Waals surface area contributed by atoms with E-state index in [9.17, 15) is 34.1 Å². The fourth-order valence-electron chi connectivity index (χ4n) is 3.13. The molecule has 0 aliphatic rings. The highest BCUT2D eigenvalue weighted by atomic mass is 16.9. The molecule has 0 heterocycles. The minimum Gasteiger partial charge on any atom is -0.490 e. The quantitative estimate of drug-likeness (QED) is 0.0803. The van der Waals surface area contributed by atoms with Crippen molar-refractivity contribution in [3.8, 4) is 17.2 Å². The second-order valence-corrected chi connectivity index (χ2v) is 9.78. The number of para-hydroxylation sites is 1. The molecule has 1 atom stereocenters. The molecule has 16 nitrogen and oxygen atoms in total. The van der Waals surface area contributed by atoms with Crippen molar-refractivity contribution in [3.63, 3.8) is 0 Å². The van der Waals surface area contributed by atoms with E-state index < -0.39 is 53.5 Å². The first-order valence-corrected chi connectivity index (χ1v) is 13.0. The van der Waals surface area contributed by atoms with Crippen molar-refractivity contribution >= 4 is 30.0 Å². The maximum atomic E-state index is 12.7. The molecular weight excluding hydrogens is 588 g/mol. The topological polar surface area (TPSA) is 205 Å². The van der Waals surface area contributed by atoms with Crippen LogP contribution in [0.25, 0.3) is 0 Å². The van der Waals surface area contributed by atoms with E-state index in [2.05, 4.69) is 10.2 Å². The lowest BCUT2D eigenvalue weighted by Gasteiger charge is -2.21. The van der Waals surface area contributed by atoms with Crippen LogP contribution in [0.3, 0.4) is 0 Å². The Morgan fingerprint density at radius 3 is 2.25 bits per heavy atom. The van der Waals surface area contributed by atoms with Gasteiger partial charge in [0.2, 0.25) is 6.79 Å². The summed E-state index contributed by atoms with van der Waals surface area (Å²) in [5, 5.41) is 11.7. The second-order valence-electron chi connectivity index (χ2n) is 9.78. The van der Waals surface area contributed by atoms with Gasteiger partial charge in [-0.25, -0.2) is 19.2 Å². The summed E-state index contributed by atoms with van der Waals surface area (Å²) in [6.07, 6.45) is -0.771. The van der Waals surface area contributed by atoms with Crippen LogP contribution in [0.5, 0.6) is 17.2 Å². The summed E-state index contributed by atoms with van der Waals surface area (Å²) in [5.74, 6) is -3.81. The van der Waals surface area contributed by atoms with Crippen molar-refractivity contribution in [2.75, 3.05) is 20.0 Å². The zero-order valence-electron chi connectivity index (χ0n) is 24.6. The SMILES string of the molecule is CC(=O)Oc1ccccc1C(=O)OCOC(=O)c1ccc(OCCCO[N+](=O)[O-])c(OC(=O)C(C)NC(=O)OC(C)(C)C)c1. The number of nitrogens with zero attached hydrogens (tertiary/aromatic N) is 1. The van der Waals surface area contributed by atoms with Crippen molar-refractivity contribution in [3.05, 3.63) is 63.7 Å². The van der Waals surface area contributed by atoms with Crippen molar-refractivity contribution in [1.29, 1.82) is 0 Å². The maximum absolute atomic E-state index is 12.7. The van der Waals surface area contributed by atoms with E-state index in [4.69, 9.17) is 28.4 Å². The molecule has 0 saturated carbocycles. The van der Waals surface area contributed by atoms with E-state index in [0.717, 1.165) is 13.0 Å². The zero-order chi connectivity index (χ0) is 32.9. The molecule has 16 heteroatoms. The fourth-order valence-corrected chi connectivity index (χ4v) is 3.13. The number of hydrogen-bond donors (Lipinski definition) is 1. The Balaban J connectivity index is 2.11.